The molecule has 2 saturated heterocycles. The van der Waals surface area contributed by atoms with E-state index in [0.717, 1.165) is 44.8 Å². The maximum atomic E-state index is 12.6. The molecule has 0 aromatic carbocycles. The molecule has 4 fully saturated rings. The van der Waals surface area contributed by atoms with Gasteiger partial charge in [-0.25, -0.2) is 0 Å². The molecule has 21 heavy (non-hydrogen) atoms. The molecule has 0 spiro atoms. The van der Waals surface area contributed by atoms with Gasteiger partial charge in [-0.2, -0.15) is 0 Å². The van der Waals surface area contributed by atoms with E-state index in [9.17, 15) is 9.59 Å². The van der Waals surface area contributed by atoms with E-state index in [1.807, 2.05) is 4.90 Å². The van der Waals surface area contributed by atoms with Crippen molar-refractivity contribution >= 4 is 11.8 Å². The number of piperidine rings is 1. The number of nitrogens with zero attached hydrogens (tertiary/aromatic N) is 2. The minimum atomic E-state index is 0.0962. The Balaban J connectivity index is 1.37. The van der Waals surface area contributed by atoms with Crippen molar-refractivity contribution in [3.8, 4) is 0 Å². The minimum absolute atomic E-state index is 0.0962. The number of fused-ring (bicyclic) bond motifs is 1. The van der Waals surface area contributed by atoms with E-state index in [-0.39, 0.29) is 11.8 Å². The molecule has 4 rings (SSSR count). The van der Waals surface area contributed by atoms with Gasteiger partial charge in [-0.05, 0) is 49.9 Å². The van der Waals surface area contributed by atoms with Gasteiger partial charge in [-0.3, -0.25) is 9.59 Å². The molecule has 2 amide bonds. The first-order chi connectivity index (χ1) is 10.1. The summed E-state index contributed by atoms with van der Waals surface area (Å²) in [5.41, 5.74) is 0. The fourth-order valence-corrected chi connectivity index (χ4v) is 4.45. The van der Waals surface area contributed by atoms with Crippen molar-refractivity contribution < 1.29 is 9.59 Å². The molecular formula is C17H26N2O2. The van der Waals surface area contributed by atoms with Gasteiger partial charge >= 0.3 is 0 Å². The Morgan fingerprint density at radius 3 is 2.62 bits per heavy atom. The molecule has 2 aliphatic carbocycles. The van der Waals surface area contributed by atoms with Crippen LogP contribution in [0.25, 0.3) is 0 Å². The van der Waals surface area contributed by atoms with E-state index in [0.29, 0.717) is 30.2 Å². The van der Waals surface area contributed by atoms with Crippen LogP contribution in [0.1, 0.15) is 39.0 Å². The van der Waals surface area contributed by atoms with Gasteiger partial charge in [0.25, 0.3) is 0 Å². The lowest BCUT2D eigenvalue weighted by atomic mass is 9.75. The highest BCUT2D eigenvalue weighted by atomic mass is 16.2. The highest BCUT2D eigenvalue weighted by Crippen LogP contribution is 2.39. The number of hydrogen-bond acceptors (Lipinski definition) is 2. The molecule has 4 heteroatoms. The molecule has 0 bridgehead atoms. The van der Waals surface area contributed by atoms with E-state index in [1.165, 1.54) is 12.8 Å². The largest absolute Gasteiger partial charge is 0.342 e. The first-order valence-corrected chi connectivity index (χ1v) is 8.69. The minimum Gasteiger partial charge on any atom is -0.342 e. The van der Waals surface area contributed by atoms with Crippen molar-refractivity contribution in [2.45, 2.75) is 39.0 Å². The summed E-state index contributed by atoms with van der Waals surface area (Å²) >= 11 is 0. The van der Waals surface area contributed by atoms with Crippen molar-refractivity contribution in [3.63, 3.8) is 0 Å². The zero-order valence-corrected chi connectivity index (χ0v) is 13.0. The van der Waals surface area contributed by atoms with Crippen LogP contribution in [-0.4, -0.2) is 47.8 Å². The summed E-state index contributed by atoms with van der Waals surface area (Å²) in [4.78, 5) is 29.2. The molecule has 0 aromatic heterocycles. The highest BCUT2D eigenvalue weighted by molar-refractivity contribution is 5.84. The Morgan fingerprint density at radius 1 is 1.19 bits per heavy atom. The number of rotatable bonds is 3. The first kappa shape index (κ1) is 13.6. The smallest absolute Gasteiger partial charge is 0.227 e. The van der Waals surface area contributed by atoms with Crippen LogP contribution in [0.3, 0.4) is 0 Å². The van der Waals surface area contributed by atoms with Gasteiger partial charge < -0.3 is 9.80 Å². The van der Waals surface area contributed by atoms with Crippen molar-refractivity contribution in [3.05, 3.63) is 0 Å². The number of hydrogen-bond donors (Lipinski definition) is 0. The van der Waals surface area contributed by atoms with Crippen LogP contribution in [-0.2, 0) is 9.59 Å². The molecular weight excluding hydrogens is 264 g/mol. The molecule has 4 aliphatic rings. The van der Waals surface area contributed by atoms with Crippen molar-refractivity contribution in [2.24, 2.45) is 29.6 Å². The Morgan fingerprint density at radius 2 is 1.95 bits per heavy atom. The Hall–Kier alpha value is -1.06. The first-order valence-electron chi connectivity index (χ1n) is 8.69. The van der Waals surface area contributed by atoms with Gasteiger partial charge in [-0.15, -0.1) is 0 Å². The number of likely N-dealkylation sites (tertiary alicyclic amines) is 2. The number of carbonyl (C=O) groups excluding carboxylic acids is 2. The summed E-state index contributed by atoms with van der Waals surface area (Å²) < 4.78 is 0. The topological polar surface area (TPSA) is 40.6 Å². The SMILES string of the molecule is CC1CC(C(=O)N2CC3CCN(CC4CC4)C(=O)C3C2)C1. The summed E-state index contributed by atoms with van der Waals surface area (Å²) in [6.07, 6.45) is 5.78. The van der Waals surface area contributed by atoms with Crippen LogP contribution in [0, 0.1) is 29.6 Å². The van der Waals surface area contributed by atoms with E-state index in [1.54, 1.807) is 0 Å². The predicted molar refractivity (Wildman–Crippen MR) is 79.4 cm³/mol. The van der Waals surface area contributed by atoms with Gasteiger partial charge in [0, 0.05) is 32.1 Å². The molecule has 0 N–H and O–H groups in total. The highest BCUT2D eigenvalue weighted by Gasteiger charge is 2.46. The third-order valence-corrected chi connectivity index (χ3v) is 6.05. The molecule has 0 radical (unpaired) electrons. The summed E-state index contributed by atoms with van der Waals surface area (Å²) in [5, 5.41) is 0. The average molecular weight is 290 g/mol. The Bertz CT molecular complexity index is 454. The van der Waals surface area contributed by atoms with Gasteiger partial charge in [0.05, 0.1) is 5.92 Å². The third kappa shape index (κ3) is 2.47. The van der Waals surface area contributed by atoms with Crippen molar-refractivity contribution in [1.29, 1.82) is 0 Å². The summed E-state index contributed by atoms with van der Waals surface area (Å²) in [7, 11) is 0. The molecule has 2 heterocycles. The summed E-state index contributed by atoms with van der Waals surface area (Å²) in [6, 6.07) is 0. The normalized spacial score (nSPS) is 39.2. The lowest BCUT2D eigenvalue weighted by molar-refractivity contribution is -0.140. The quantitative estimate of drug-likeness (QED) is 0.794. The van der Waals surface area contributed by atoms with E-state index in [4.69, 9.17) is 0 Å². The molecule has 0 aromatic rings. The van der Waals surface area contributed by atoms with Crippen LogP contribution in [0.2, 0.25) is 0 Å². The Labute approximate surface area is 126 Å². The second kappa shape index (κ2) is 4.99. The van der Waals surface area contributed by atoms with Crippen LogP contribution in [0.4, 0.5) is 0 Å². The van der Waals surface area contributed by atoms with E-state index in [2.05, 4.69) is 11.8 Å². The molecule has 2 unspecified atom stereocenters. The standard InChI is InChI=1S/C17H26N2O2/c1-11-6-14(7-11)16(20)19-9-13-4-5-18(8-12-2-3-12)17(21)15(13)10-19/h11-15H,2-10H2,1H3. The fraction of sp³-hybridized carbons (Fsp3) is 0.882. The molecule has 4 nitrogen and oxygen atoms in total. The maximum absolute atomic E-state index is 12.6. The van der Waals surface area contributed by atoms with Crippen LogP contribution in [0.5, 0.6) is 0 Å². The van der Waals surface area contributed by atoms with E-state index >= 15 is 0 Å². The second-order valence-electron chi connectivity index (χ2n) is 7.90. The van der Waals surface area contributed by atoms with Crippen LogP contribution >= 0.6 is 0 Å². The zero-order valence-electron chi connectivity index (χ0n) is 13.0. The number of carbonyl (C=O) groups is 2. The average Bonchev–Trinajstić information content (AvgIpc) is 3.13. The lowest BCUT2D eigenvalue weighted by Gasteiger charge is -2.34. The maximum Gasteiger partial charge on any atom is 0.227 e. The molecule has 2 aliphatic heterocycles. The van der Waals surface area contributed by atoms with Crippen LogP contribution in [0.15, 0.2) is 0 Å². The van der Waals surface area contributed by atoms with Crippen molar-refractivity contribution in [1.82, 2.24) is 9.80 Å². The third-order valence-electron chi connectivity index (χ3n) is 6.05. The Kier molecular flexibility index (Phi) is 3.23. The predicted octanol–water partition coefficient (Wildman–Crippen LogP) is 1.75. The van der Waals surface area contributed by atoms with Crippen LogP contribution < -0.4 is 0 Å². The van der Waals surface area contributed by atoms with E-state index < -0.39 is 0 Å². The van der Waals surface area contributed by atoms with Crippen molar-refractivity contribution in [2.75, 3.05) is 26.2 Å². The fourth-order valence-electron chi connectivity index (χ4n) is 4.45. The molecule has 116 valence electrons. The lowest BCUT2D eigenvalue weighted by Crippen LogP contribution is -2.46. The molecule has 2 atom stereocenters. The monoisotopic (exact) mass is 290 g/mol. The summed E-state index contributed by atoms with van der Waals surface area (Å²) in [5.74, 6) is 2.89. The summed E-state index contributed by atoms with van der Waals surface area (Å²) in [6.45, 7) is 5.62. The van der Waals surface area contributed by atoms with Gasteiger partial charge in [0.1, 0.15) is 0 Å². The zero-order chi connectivity index (χ0) is 14.6. The van der Waals surface area contributed by atoms with Gasteiger partial charge in [0.2, 0.25) is 11.8 Å². The van der Waals surface area contributed by atoms with Gasteiger partial charge in [0.15, 0.2) is 0 Å². The number of amides is 2. The van der Waals surface area contributed by atoms with Gasteiger partial charge in [-0.1, -0.05) is 6.92 Å². The second-order valence-corrected chi connectivity index (χ2v) is 7.90. The molecule has 2 saturated carbocycles.